The van der Waals surface area contributed by atoms with Crippen LogP contribution < -0.4 is 10.6 Å². The highest BCUT2D eigenvalue weighted by atomic mass is 19.4. The number of hydrogen-bond acceptors (Lipinski definition) is 6. The van der Waals surface area contributed by atoms with Crippen LogP contribution in [0, 0.1) is 0 Å². The van der Waals surface area contributed by atoms with Gasteiger partial charge in [0.05, 0.1) is 11.9 Å². The average Bonchev–Trinajstić information content (AvgIpc) is 2.95. The summed E-state index contributed by atoms with van der Waals surface area (Å²) in [7, 11) is 0. The van der Waals surface area contributed by atoms with Gasteiger partial charge in [-0.15, -0.1) is 10.2 Å². The molecule has 5 aromatic rings. The Morgan fingerprint density at radius 1 is 0.846 bits per heavy atom. The van der Waals surface area contributed by atoms with Crippen molar-refractivity contribution in [3.05, 3.63) is 103 Å². The lowest BCUT2D eigenvalue weighted by atomic mass is 9.96. The molecule has 0 bridgehead atoms. The molecule has 0 saturated heterocycles. The van der Waals surface area contributed by atoms with Gasteiger partial charge in [0.15, 0.2) is 12.4 Å². The number of carbonyl (C=O) groups excluding carboxylic acids is 1. The number of rotatable bonds is 7. The van der Waals surface area contributed by atoms with Crippen LogP contribution >= 0.6 is 0 Å². The van der Waals surface area contributed by atoms with Gasteiger partial charge in [0, 0.05) is 29.1 Å². The van der Waals surface area contributed by atoms with E-state index < -0.39 is 18.9 Å². The maximum atomic E-state index is 12.4. The number of anilines is 2. The van der Waals surface area contributed by atoms with Crippen molar-refractivity contribution in [2.45, 2.75) is 12.7 Å². The fourth-order valence-electron chi connectivity index (χ4n) is 4.12. The van der Waals surface area contributed by atoms with Gasteiger partial charge in [0.1, 0.15) is 5.69 Å². The van der Waals surface area contributed by atoms with Gasteiger partial charge >= 0.3 is 12.3 Å². The van der Waals surface area contributed by atoms with Crippen LogP contribution in [0.4, 0.5) is 29.5 Å². The minimum Gasteiger partial charge on any atom is -0.440 e. The van der Waals surface area contributed by atoms with E-state index in [4.69, 9.17) is 0 Å². The van der Waals surface area contributed by atoms with Crippen LogP contribution in [-0.2, 0) is 11.3 Å². The first-order valence-corrected chi connectivity index (χ1v) is 12.0. The lowest BCUT2D eigenvalue weighted by molar-refractivity contribution is -0.159. The molecule has 2 heterocycles. The molecule has 0 atom stereocenters. The first-order valence-electron chi connectivity index (χ1n) is 12.0. The molecular weight excluding hydrogens is 507 g/mol. The molecule has 1 amide bonds. The van der Waals surface area contributed by atoms with Gasteiger partial charge in [-0.25, -0.2) is 4.79 Å². The van der Waals surface area contributed by atoms with Crippen molar-refractivity contribution in [2.24, 2.45) is 0 Å². The summed E-state index contributed by atoms with van der Waals surface area (Å²) in [6.45, 7) is -1.16. The minimum absolute atomic E-state index is 0.153. The van der Waals surface area contributed by atoms with Crippen LogP contribution in [0.15, 0.2) is 97.3 Å². The standard InChI is InChI=1S/C29H22F3N5O2/c30-29(31,32)18-39-28(38)35-22-14-21(16-33-17-22)26-24-13-7-12-23(20-10-5-2-6-11-20)25(24)27(37-36-26)34-15-19-8-3-1-4-9-19/h1-14,16-17H,15,18H2,(H,34,37)(H,35,38). The second-order valence-corrected chi connectivity index (χ2v) is 8.61. The molecule has 2 aromatic heterocycles. The molecule has 39 heavy (non-hydrogen) atoms. The fourth-order valence-corrected chi connectivity index (χ4v) is 4.12. The summed E-state index contributed by atoms with van der Waals surface area (Å²) in [5.74, 6) is 0.593. The number of carbonyl (C=O) groups is 1. The molecule has 2 N–H and O–H groups in total. The van der Waals surface area contributed by atoms with Crippen LogP contribution in [0.3, 0.4) is 0 Å². The Hall–Kier alpha value is -4.99. The van der Waals surface area contributed by atoms with Gasteiger partial charge in [0.2, 0.25) is 0 Å². The molecule has 0 unspecified atom stereocenters. The highest BCUT2D eigenvalue weighted by Gasteiger charge is 2.29. The van der Waals surface area contributed by atoms with Crippen LogP contribution in [0.2, 0.25) is 0 Å². The van der Waals surface area contributed by atoms with E-state index in [1.807, 2.05) is 78.9 Å². The molecule has 0 aliphatic carbocycles. The highest BCUT2D eigenvalue weighted by Crippen LogP contribution is 2.37. The van der Waals surface area contributed by atoms with Crippen molar-refractivity contribution < 1.29 is 22.7 Å². The zero-order valence-corrected chi connectivity index (χ0v) is 20.4. The Kier molecular flexibility index (Phi) is 7.35. The molecular formula is C29H22F3N5O2. The van der Waals surface area contributed by atoms with Crippen LogP contribution in [-0.4, -0.2) is 34.1 Å². The molecule has 7 nitrogen and oxygen atoms in total. The highest BCUT2D eigenvalue weighted by molar-refractivity contribution is 6.08. The topological polar surface area (TPSA) is 89.0 Å². The lowest BCUT2D eigenvalue weighted by Gasteiger charge is -2.15. The molecule has 0 fully saturated rings. The zero-order valence-electron chi connectivity index (χ0n) is 20.4. The summed E-state index contributed by atoms with van der Waals surface area (Å²) in [6, 6.07) is 27.2. The minimum atomic E-state index is -4.63. The Balaban J connectivity index is 1.54. The summed E-state index contributed by atoms with van der Waals surface area (Å²) in [6.07, 6.45) is -3.02. The second-order valence-electron chi connectivity index (χ2n) is 8.61. The van der Waals surface area contributed by atoms with Crippen LogP contribution in [0.25, 0.3) is 33.2 Å². The summed E-state index contributed by atoms with van der Waals surface area (Å²) in [5.41, 5.74) is 4.17. The molecule has 0 spiro atoms. The number of nitrogens with zero attached hydrogens (tertiary/aromatic N) is 3. The first-order chi connectivity index (χ1) is 18.9. The average molecular weight is 530 g/mol. The number of hydrogen-bond donors (Lipinski definition) is 2. The van der Waals surface area contributed by atoms with Crippen LogP contribution in [0.5, 0.6) is 0 Å². The van der Waals surface area contributed by atoms with Gasteiger partial charge in [-0.1, -0.05) is 78.9 Å². The number of pyridine rings is 1. The maximum absolute atomic E-state index is 12.4. The molecule has 10 heteroatoms. The van der Waals surface area contributed by atoms with E-state index >= 15 is 0 Å². The van der Waals surface area contributed by atoms with Gasteiger partial charge < -0.3 is 10.1 Å². The van der Waals surface area contributed by atoms with Crippen molar-refractivity contribution in [1.82, 2.24) is 15.2 Å². The van der Waals surface area contributed by atoms with E-state index in [-0.39, 0.29) is 5.69 Å². The van der Waals surface area contributed by atoms with E-state index in [2.05, 4.69) is 30.6 Å². The van der Waals surface area contributed by atoms with E-state index in [9.17, 15) is 18.0 Å². The van der Waals surface area contributed by atoms with Crippen molar-refractivity contribution >= 4 is 28.4 Å². The number of amides is 1. The van der Waals surface area contributed by atoms with E-state index in [0.29, 0.717) is 23.6 Å². The third-order valence-electron chi connectivity index (χ3n) is 5.82. The third-order valence-corrected chi connectivity index (χ3v) is 5.82. The van der Waals surface area contributed by atoms with E-state index in [0.717, 1.165) is 27.5 Å². The fraction of sp³-hybridized carbons (Fsp3) is 0.103. The number of nitrogens with one attached hydrogen (secondary N) is 2. The SMILES string of the molecule is O=C(Nc1cncc(-c2nnc(NCc3ccccc3)c3c(-c4ccccc4)cccc23)c1)OCC(F)(F)F. The van der Waals surface area contributed by atoms with Crippen LogP contribution in [0.1, 0.15) is 5.56 Å². The molecule has 5 rings (SSSR count). The maximum Gasteiger partial charge on any atom is 0.422 e. The van der Waals surface area contributed by atoms with Crippen molar-refractivity contribution in [2.75, 3.05) is 17.2 Å². The third kappa shape index (κ3) is 6.30. The number of ether oxygens (including phenoxy) is 1. The van der Waals surface area contributed by atoms with Gasteiger partial charge in [-0.3, -0.25) is 10.3 Å². The summed E-state index contributed by atoms with van der Waals surface area (Å²) in [5, 5.41) is 16.3. The predicted molar refractivity (Wildman–Crippen MR) is 143 cm³/mol. The second kappa shape index (κ2) is 11.2. The summed E-state index contributed by atoms with van der Waals surface area (Å²) < 4.78 is 41.4. The number of benzene rings is 3. The lowest BCUT2D eigenvalue weighted by Crippen LogP contribution is -2.23. The van der Waals surface area contributed by atoms with Crippen molar-refractivity contribution in [3.8, 4) is 22.4 Å². The molecule has 0 aliphatic heterocycles. The number of fused-ring (bicyclic) bond motifs is 1. The quantitative estimate of drug-likeness (QED) is 0.234. The number of halogens is 3. The largest absolute Gasteiger partial charge is 0.440 e. The van der Waals surface area contributed by atoms with E-state index in [1.54, 1.807) is 12.3 Å². The van der Waals surface area contributed by atoms with Gasteiger partial charge in [0.25, 0.3) is 0 Å². The van der Waals surface area contributed by atoms with E-state index in [1.165, 1.54) is 6.20 Å². The number of alkyl halides is 3. The Bertz CT molecular complexity index is 1600. The van der Waals surface area contributed by atoms with Gasteiger partial charge in [-0.05, 0) is 22.8 Å². The zero-order chi connectivity index (χ0) is 27.2. The van der Waals surface area contributed by atoms with Gasteiger partial charge in [-0.2, -0.15) is 13.2 Å². The first kappa shape index (κ1) is 25.7. The summed E-state index contributed by atoms with van der Waals surface area (Å²) >= 11 is 0. The Morgan fingerprint density at radius 3 is 2.33 bits per heavy atom. The molecule has 0 radical (unpaired) electrons. The number of aromatic nitrogens is 3. The molecule has 3 aromatic carbocycles. The predicted octanol–water partition coefficient (Wildman–Crippen LogP) is 7.08. The molecule has 0 saturated carbocycles. The van der Waals surface area contributed by atoms with Crippen molar-refractivity contribution in [3.63, 3.8) is 0 Å². The Labute approximate surface area is 221 Å². The Morgan fingerprint density at radius 2 is 1.59 bits per heavy atom. The summed E-state index contributed by atoms with van der Waals surface area (Å²) in [4.78, 5) is 16.0. The molecule has 196 valence electrons. The normalized spacial score (nSPS) is 11.3. The monoisotopic (exact) mass is 529 g/mol. The molecule has 0 aliphatic rings. The van der Waals surface area contributed by atoms with Crippen molar-refractivity contribution in [1.29, 1.82) is 0 Å². The smallest absolute Gasteiger partial charge is 0.422 e.